The summed E-state index contributed by atoms with van der Waals surface area (Å²) in [6.07, 6.45) is 5.47. The number of nitrogens with one attached hydrogen (secondary N) is 2. The third-order valence-electron chi connectivity index (χ3n) is 4.33. The molecular weight excluding hydrogens is 482 g/mol. The molecule has 2 N–H and O–H groups in total. The van der Waals surface area contributed by atoms with Gasteiger partial charge in [0.25, 0.3) is 0 Å². The lowest BCUT2D eigenvalue weighted by molar-refractivity contribution is 0.617. The lowest BCUT2D eigenvalue weighted by atomic mass is 10.1. The predicted molar refractivity (Wildman–Crippen MR) is 124 cm³/mol. The Balaban J connectivity index is 0.00000300. The van der Waals surface area contributed by atoms with Crippen LogP contribution in [0.5, 0.6) is 0 Å². The molecule has 0 aliphatic heterocycles. The molecule has 1 aromatic carbocycles. The van der Waals surface area contributed by atoms with E-state index in [0.29, 0.717) is 24.6 Å². The Hall–Kier alpha value is -2.49. The Morgan fingerprint density at radius 2 is 1.90 bits per heavy atom. The number of nitrogens with zero attached hydrogens (tertiary/aromatic N) is 4. The number of imidazole rings is 1. The zero-order chi connectivity index (χ0) is 19.9. The minimum Gasteiger partial charge on any atom is -0.357 e. The monoisotopic (exact) mass is 508 g/mol. The van der Waals surface area contributed by atoms with E-state index in [1.54, 1.807) is 19.2 Å². The van der Waals surface area contributed by atoms with Gasteiger partial charge in [-0.05, 0) is 49.6 Å². The van der Waals surface area contributed by atoms with Crippen molar-refractivity contribution in [2.45, 2.75) is 33.9 Å². The molecule has 8 heteroatoms. The highest BCUT2D eigenvalue weighted by Gasteiger charge is 2.04. The number of hydrogen-bond donors (Lipinski definition) is 2. The molecule has 154 valence electrons. The van der Waals surface area contributed by atoms with E-state index in [9.17, 15) is 4.39 Å². The van der Waals surface area contributed by atoms with E-state index < -0.39 is 0 Å². The zero-order valence-electron chi connectivity index (χ0n) is 16.8. The third-order valence-corrected chi connectivity index (χ3v) is 4.33. The van der Waals surface area contributed by atoms with Gasteiger partial charge in [0.15, 0.2) is 5.96 Å². The molecule has 0 aliphatic rings. The average Bonchev–Trinajstić information content (AvgIpc) is 3.13. The predicted octanol–water partition coefficient (Wildman–Crippen LogP) is 3.90. The topological polar surface area (TPSA) is 67.1 Å². The Bertz CT molecular complexity index is 952. The fraction of sp³-hybridized carbons (Fsp3) is 0.286. The van der Waals surface area contributed by atoms with Crippen LogP contribution in [0.25, 0.3) is 5.82 Å². The minimum atomic E-state index is -0.189. The molecule has 0 spiro atoms. The first kappa shape index (κ1) is 22.8. The standard InChI is InChI=1S/C21H25FN6.HI/c1-4-23-21(26-12-17-5-7-19(22)15(2)11-17)27-14-18-6-8-20(25-13-18)28-10-9-24-16(28)3;/h5-11,13H,4,12,14H2,1-3H3,(H2,23,26,27);1H. The van der Waals surface area contributed by atoms with Crippen molar-refractivity contribution in [1.29, 1.82) is 0 Å². The summed E-state index contributed by atoms with van der Waals surface area (Å²) in [7, 11) is 0. The maximum atomic E-state index is 13.4. The summed E-state index contributed by atoms with van der Waals surface area (Å²) in [5.74, 6) is 2.25. The van der Waals surface area contributed by atoms with Crippen molar-refractivity contribution < 1.29 is 4.39 Å². The number of halogens is 2. The van der Waals surface area contributed by atoms with E-state index in [-0.39, 0.29) is 29.8 Å². The number of hydrogen-bond acceptors (Lipinski definition) is 3. The number of benzene rings is 1. The molecule has 3 rings (SSSR count). The van der Waals surface area contributed by atoms with Crippen molar-refractivity contribution in [3.63, 3.8) is 0 Å². The summed E-state index contributed by atoms with van der Waals surface area (Å²) in [5.41, 5.74) is 2.66. The van der Waals surface area contributed by atoms with Crippen LogP contribution in [-0.4, -0.2) is 27.0 Å². The molecule has 0 amide bonds. The van der Waals surface area contributed by atoms with Crippen LogP contribution < -0.4 is 10.6 Å². The molecular formula is C21H26FIN6. The molecule has 2 aromatic heterocycles. The first-order valence-corrected chi connectivity index (χ1v) is 9.29. The van der Waals surface area contributed by atoms with Crippen LogP contribution >= 0.6 is 24.0 Å². The molecule has 2 heterocycles. The molecule has 0 unspecified atom stereocenters. The zero-order valence-corrected chi connectivity index (χ0v) is 19.1. The fourth-order valence-corrected chi connectivity index (χ4v) is 2.79. The second-order valence-electron chi connectivity index (χ2n) is 6.50. The van der Waals surface area contributed by atoms with Crippen molar-refractivity contribution in [3.8, 4) is 5.82 Å². The van der Waals surface area contributed by atoms with Crippen molar-refractivity contribution in [1.82, 2.24) is 25.2 Å². The van der Waals surface area contributed by atoms with Crippen LogP contribution in [0.2, 0.25) is 0 Å². The highest BCUT2D eigenvalue weighted by Crippen LogP contribution is 2.10. The SMILES string of the molecule is CCNC(=NCc1ccc(-n2ccnc2C)nc1)NCc1ccc(F)c(C)c1.I. The summed E-state index contributed by atoms with van der Waals surface area (Å²) >= 11 is 0. The maximum Gasteiger partial charge on any atom is 0.191 e. The smallest absolute Gasteiger partial charge is 0.191 e. The summed E-state index contributed by atoms with van der Waals surface area (Å²) in [6.45, 7) is 7.56. The molecule has 0 bridgehead atoms. The molecule has 6 nitrogen and oxygen atoms in total. The summed E-state index contributed by atoms with van der Waals surface area (Å²) in [5, 5.41) is 6.50. The molecule has 0 saturated heterocycles. The van der Waals surface area contributed by atoms with Gasteiger partial charge in [-0.3, -0.25) is 4.57 Å². The highest BCUT2D eigenvalue weighted by molar-refractivity contribution is 14.0. The molecule has 0 aliphatic carbocycles. The Kier molecular flexibility index (Phi) is 8.56. The molecule has 29 heavy (non-hydrogen) atoms. The van der Waals surface area contributed by atoms with Gasteiger partial charge in [-0.15, -0.1) is 24.0 Å². The van der Waals surface area contributed by atoms with E-state index in [2.05, 4.69) is 25.6 Å². The second kappa shape index (κ2) is 10.9. The summed E-state index contributed by atoms with van der Waals surface area (Å²) in [4.78, 5) is 13.3. The fourth-order valence-electron chi connectivity index (χ4n) is 2.79. The van der Waals surface area contributed by atoms with Crippen molar-refractivity contribution in [2.24, 2.45) is 4.99 Å². The highest BCUT2D eigenvalue weighted by atomic mass is 127. The summed E-state index contributed by atoms with van der Waals surface area (Å²) in [6, 6.07) is 9.08. The molecule has 3 aromatic rings. The number of rotatable bonds is 6. The van der Waals surface area contributed by atoms with Crippen LogP contribution in [0, 0.1) is 19.7 Å². The van der Waals surface area contributed by atoms with Crippen molar-refractivity contribution in [3.05, 3.63) is 77.3 Å². The molecule has 0 atom stereocenters. The van der Waals surface area contributed by atoms with Gasteiger partial charge >= 0.3 is 0 Å². The number of aromatic nitrogens is 3. The van der Waals surface area contributed by atoms with Crippen LogP contribution in [0.1, 0.15) is 29.4 Å². The third kappa shape index (κ3) is 6.25. The second-order valence-corrected chi connectivity index (χ2v) is 6.50. The van der Waals surface area contributed by atoms with Gasteiger partial charge in [0.1, 0.15) is 17.5 Å². The van der Waals surface area contributed by atoms with Gasteiger partial charge in [-0.2, -0.15) is 0 Å². The number of aliphatic imine (C=N–C) groups is 1. The van der Waals surface area contributed by atoms with E-state index in [4.69, 9.17) is 0 Å². The minimum absolute atomic E-state index is 0. The van der Waals surface area contributed by atoms with Crippen molar-refractivity contribution >= 4 is 29.9 Å². The van der Waals surface area contributed by atoms with Gasteiger partial charge < -0.3 is 10.6 Å². The van der Waals surface area contributed by atoms with Gasteiger partial charge in [-0.1, -0.05) is 18.2 Å². The van der Waals surface area contributed by atoms with Crippen molar-refractivity contribution in [2.75, 3.05) is 6.54 Å². The van der Waals surface area contributed by atoms with Crippen LogP contribution in [-0.2, 0) is 13.1 Å². The van der Waals surface area contributed by atoms with E-state index in [1.807, 2.05) is 49.0 Å². The van der Waals surface area contributed by atoms with Crippen LogP contribution in [0.4, 0.5) is 4.39 Å². The van der Waals surface area contributed by atoms with Gasteiger partial charge in [0.05, 0.1) is 6.54 Å². The Morgan fingerprint density at radius 3 is 2.52 bits per heavy atom. The number of aryl methyl sites for hydroxylation is 2. The normalized spacial score (nSPS) is 11.1. The summed E-state index contributed by atoms with van der Waals surface area (Å²) < 4.78 is 15.3. The lowest BCUT2D eigenvalue weighted by Crippen LogP contribution is -2.36. The van der Waals surface area contributed by atoms with E-state index in [0.717, 1.165) is 29.3 Å². The van der Waals surface area contributed by atoms with E-state index >= 15 is 0 Å². The van der Waals surface area contributed by atoms with Crippen LogP contribution in [0.15, 0.2) is 53.9 Å². The van der Waals surface area contributed by atoms with E-state index in [1.165, 1.54) is 6.07 Å². The Morgan fingerprint density at radius 1 is 1.10 bits per heavy atom. The molecule has 0 fully saturated rings. The van der Waals surface area contributed by atoms with Gasteiger partial charge in [-0.25, -0.2) is 19.4 Å². The lowest BCUT2D eigenvalue weighted by Gasteiger charge is -2.12. The maximum absolute atomic E-state index is 13.4. The average molecular weight is 508 g/mol. The first-order chi connectivity index (χ1) is 13.6. The van der Waals surface area contributed by atoms with Crippen LogP contribution in [0.3, 0.4) is 0 Å². The first-order valence-electron chi connectivity index (χ1n) is 9.29. The van der Waals surface area contributed by atoms with Gasteiger partial charge in [0.2, 0.25) is 0 Å². The largest absolute Gasteiger partial charge is 0.357 e. The molecule has 0 saturated carbocycles. The van der Waals surface area contributed by atoms with Gasteiger partial charge in [0, 0.05) is 31.7 Å². The quantitative estimate of drug-likeness (QED) is 0.301. The molecule has 0 radical (unpaired) electrons. The number of pyridine rings is 1. The number of guanidine groups is 1. The Labute approximate surface area is 187 Å².